The molecule has 0 aliphatic heterocycles. The first-order valence-corrected chi connectivity index (χ1v) is 8.88. The highest BCUT2D eigenvalue weighted by Gasteiger charge is 2.05. The van der Waals surface area contributed by atoms with E-state index < -0.39 is 0 Å². The number of aromatic nitrogens is 1. The summed E-state index contributed by atoms with van der Waals surface area (Å²) in [6.45, 7) is 2.70. The highest BCUT2D eigenvalue weighted by molar-refractivity contribution is 5.92. The number of anilines is 2. The van der Waals surface area contributed by atoms with Gasteiger partial charge in [0.05, 0.1) is 18.3 Å². The summed E-state index contributed by atoms with van der Waals surface area (Å²) < 4.78 is 12.9. The van der Waals surface area contributed by atoms with Crippen LogP contribution in [0.4, 0.5) is 15.9 Å². The van der Waals surface area contributed by atoms with Crippen molar-refractivity contribution in [3.05, 3.63) is 89.4 Å². The smallest absolute Gasteiger partial charge is 0.228 e. The Morgan fingerprint density at radius 3 is 2.56 bits per heavy atom. The monoisotopic (exact) mass is 363 g/mol. The van der Waals surface area contributed by atoms with Crippen molar-refractivity contribution in [2.75, 3.05) is 17.2 Å². The molecule has 2 N–H and O–H groups in total. The number of halogens is 1. The summed E-state index contributed by atoms with van der Waals surface area (Å²) in [6.07, 6.45) is 2.74. The predicted molar refractivity (Wildman–Crippen MR) is 106 cm³/mol. The van der Waals surface area contributed by atoms with Gasteiger partial charge in [-0.05, 0) is 48.7 Å². The lowest BCUT2D eigenvalue weighted by Crippen LogP contribution is -2.14. The maximum absolute atomic E-state index is 12.9. The van der Waals surface area contributed by atoms with Crippen LogP contribution in [0.25, 0.3) is 0 Å². The maximum Gasteiger partial charge on any atom is 0.228 e. The molecule has 0 saturated heterocycles. The number of rotatable bonds is 7. The van der Waals surface area contributed by atoms with Crippen molar-refractivity contribution < 1.29 is 9.18 Å². The lowest BCUT2D eigenvalue weighted by molar-refractivity contribution is -0.115. The van der Waals surface area contributed by atoms with Gasteiger partial charge in [0.25, 0.3) is 0 Å². The van der Waals surface area contributed by atoms with Gasteiger partial charge < -0.3 is 10.6 Å². The number of benzene rings is 2. The van der Waals surface area contributed by atoms with E-state index >= 15 is 0 Å². The van der Waals surface area contributed by atoms with Crippen LogP contribution in [0.15, 0.2) is 66.9 Å². The molecule has 0 atom stereocenters. The SMILES string of the molecule is Cc1cccc(CC(=O)Nc2ccc(NCCc3ccc(F)cc3)nc2)c1. The average molecular weight is 363 g/mol. The van der Waals surface area contributed by atoms with Gasteiger partial charge in [0.15, 0.2) is 0 Å². The minimum Gasteiger partial charge on any atom is -0.370 e. The Morgan fingerprint density at radius 1 is 1.04 bits per heavy atom. The van der Waals surface area contributed by atoms with E-state index in [1.54, 1.807) is 18.3 Å². The minimum atomic E-state index is -0.228. The number of hydrogen-bond acceptors (Lipinski definition) is 3. The van der Waals surface area contributed by atoms with Gasteiger partial charge in [-0.1, -0.05) is 42.0 Å². The summed E-state index contributed by atoms with van der Waals surface area (Å²) in [5, 5.41) is 6.08. The number of carbonyl (C=O) groups is 1. The molecule has 2 aromatic carbocycles. The molecule has 3 rings (SSSR count). The van der Waals surface area contributed by atoms with Crippen LogP contribution in [0, 0.1) is 12.7 Å². The lowest BCUT2D eigenvalue weighted by Gasteiger charge is -2.08. The van der Waals surface area contributed by atoms with Crippen molar-refractivity contribution in [3.8, 4) is 0 Å². The van der Waals surface area contributed by atoms with Crippen molar-refractivity contribution in [2.24, 2.45) is 0 Å². The maximum atomic E-state index is 12.9. The van der Waals surface area contributed by atoms with Crippen LogP contribution in [0.3, 0.4) is 0 Å². The fourth-order valence-corrected chi connectivity index (χ4v) is 2.77. The van der Waals surface area contributed by atoms with Crippen LogP contribution in [0.1, 0.15) is 16.7 Å². The van der Waals surface area contributed by atoms with Gasteiger partial charge in [-0.15, -0.1) is 0 Å². The van der Waals surface area contributed by atoms with Crippen LogP contribution in [-0.2, 0) is 17.6 Å². The Balaban J connectivity index is 1.46. The summed E-state index contributed by atoms with van der Waals surface area (Å²) in [4.78, 5) is 16.5. The molecule has 0 spiro atoms. The quantitative estimate of drug-likeness (QED) is 0.656. The second-order valence-corrected chi connectivity index (χ2v) is 6.45. The first-order chi connectivity index (χ1) is 13.1. The normalized spacial score (nSPS) is 10.4. The molecule has 0 aliphatic rings. The van der Waals surface area contributed by atoms with Crippen molar-refractivity contribution in [3.63, 3.8) is 0 Å². The fraction of sp³-hybridized carbons (Fsp3) is 0.182. The van der Waals surface area contributed by atoms with Crippen LogP contribution < -0.4 is 10.6 Å². The Labute approximate surface area is 158 Å². The summed E-state index contributed by atoms with van der Waals surface area (Å²) in [5.74, 6) is 0.432. The number of aryl methyl sites for hydroxylation is 1. The molecule has 1 aromatic heterocycles. The molecule has 0 fully saturated rings. The van der Waals surface area contributed by atoms with Crippen LogP contribution in [0.2, 0.25) is 0 Å². The zero-order chi connectivity index (χ0) is 19.1. The zero-order valence-corrected chi connectivity index (χ0v) is 15.2. The minimum absolute atomic E-state index is 0.0700. The molecule has 4 nitrogen and oxygen atoms in total. The summed E-state index contributed by atoms with van der Waals surface area (Å²) in [6, 6.07) is 18.0. The van der Waals surface area contributed by atoms with Gasteiger partial charge in [-0.25, -0.2) is 9.37 Å². The molecule has 0 unspecified atom stereocenters. The predicted octanol–water partition coefficient (Wildman–Crippen LogP) is 4.36. The molecular weight excluding hydrogens is 341 g/mol. The third kappa shape index (κ3) is 5.92. The molecule has 1 amide bonds. The fourth-order valence-electron chi connectivity index (χ4n) is 2.77. The molecule has 1 heterocycles. The molecule has 27 heavy (non-hydrogen) atoms. The van der Waals surface area contributed by atoms with Gasteiger partial charge in [-0.3, -0.25) is 4.79 Å². The number of nitrogens with zero attached hydrogens (tertiary/aromatic N) is 1. The molecule has 0 saturated carbocycles. The molecule has 0 aliphatic carbocycles. The Hall–Kier alpha value is -3.21. The van der Waals surface area contributed by atoms with E-state index in [4.69, 9.17) is 0 Å². The van der Waals surface area contributed by atoms with Crippen LogP contribution >= 0.6 is 0 Å². The van der Waals surface area contributed by atoms with E-state index in [0.717, 1.165) is 28.9 Å². The number of pyridine rings is 1. The third-order valence-electron chi connectivity index (χ3n) is 4.13. The second-order valence-electron chi connectivity index (χ2n) is 6.45. The number of amides is 1. The topological polar surface area (TPSA) is 54.0 Å². The van der Waals surface area contributed by atoms with Gasteiger partial charge in [0, 0.05) is 6.54 Å². The van der Waals surface area contributed by atoms with Crippen LogP contribution in [-0.4, -0.2) is 17.4 Å². The average Bonchev–Trinajstić information content (AvgIpc) is 2.65. The lowest BCUT2D eigenvalue weighted by atomic mass is 10.1. The number of nitrogens with one attached hydrogen (secondary N) is 2. The molecule has 3 aromatic rings. The highest BCUT2D eigenvalue weighted by atomic mass is 19.1. The summed E-state index contributed by atoms with van der Waals surface area (Å²) >= 11 is 0. The van der Waals surface area contributed by atoms with E-state index in [1.165, 1.54) is 12.1 Å². The number of hydrogen-bond donors (Lipinski definition) is 2. The van der Waals surface area contributed by atoms with Crippen LogP contribution in [0.5, 0.6) is 0 Å². The van der Waals surface area contributed by atoms with Gasteiger partial charge in [0.2, 0.25) is 5.91 Å². The molecule has 138 valence electrons. The van der Waals surface area contributed by atoms with E-state index in [2.05, 4.69) is 15.6 Å². The Bertz CT molecular complexity index is 892. The molecule has 0 radical (unpaired) electrons. The standard InChI is InChI=1S/C22H22FN3O/c1-16-3-2-4-18(13-16)14-22(27)26-20-9-10-21(25-15-20)24-12-11-17-5-7-19(23)8-6-17/h2-10,13,15H,11-12,14H2,1H3,(H,24,25)(H,26,27). The summed E-state index contributed by atoms with van der Waals surface area (Å²) in [5.41, 5.74) is 3.85. The van der Waals surface area contributed by atoms with E-state index in [-0.39, 0.29) is 11.7 Å². The highest BCUT2D eigenvalue weighted by Crippen LogP contribution is 2.12. The molecular formula is C22H22FN3O. The molecule has 5 heteroatoms. The van der Waals surface area contributed by atoms with Crippen molar-refractivity contribution in [1.82, 2.24) is 4.98 Å². The second kappa shape index (κ2) is 8.94. The largest absolute Gasteiger partial charge is 0.370 e. The van der Waals surface area contributed by atoms with E-state index in [0.29, 0.717) is 18.7 Å². The Morgan fingerprint density at radius 2 is 1.85 bits per heavy atom. The zero-order valence-electron chi connectivity index (χ0n) is 15.2. The van der Waals surface area contributed by atoms with Gasteiger partial charge in [-0.2, -0.15) is 0 Å². The van der Waals surface area contributed by atoms with Gasteiger partial charge in [0.1, 0.15) is 11.6 Å². The first-order valence-electron chi connectivity index (χ1n) is 8.88. The first kappa shape index (κ1) is 18.6. The van der Waals surface area contributed by atoms with Crippen molar-refractivity contribution in [2.45, 2.75) is 19.8 Å². The van der Waals surface area contributed by atoms with E-state index in [9.17, 15) is 9.18 Å². The third-order valence-corrected chi connectivity index (χ3v) is 4.13. The summed E-state index contributed by atoms with van der Waals surface area (Å²) in [7, 11) is 0. The number of carbonyl (C=O) groups excluding carboxylic acids is 1. The Kier molecular flexibility index (Phi) is 6.15. The van der Waals surface area contributed by atoms with Crippen molar-refractivity contribution in [1.29, 1.82) is 0 Å². The van der Waals surface area contributed by atoms with Gasteiger partial charge >= 0.3 is 0 Å². The molecule has 0 bridgehead atoms. The van der Waals surface area contributed by atoms with E-state index in [1.807, 2.05) is 43.3 Å². The van der Waals surface area contributed by atoms with Crippen molar-refractivity contribution >= 4 is 17.4 Å².